The molecule has 7 nitrogen and oxygen atoms in total. The zero-order valence-electron chi connectivity index (χ0n) is 20.7. The fraction of sp³-hybridized carbons (Fsp3) is 0.577. The Labute approximate surface area is 204 Å². The van der Waals surface area contributed by atoms with Crippen LogP contribution in [0.15, 0.2) is 18.3 Å². The highest BCUT2D eigenvalue weighted by Crippen LogP contribution is 2.31. The van der Waals surface area contributed by atoms with Crippen molar-refractivity contribution in [2.24, 2.45) is 0 Å². The third kappa shape index (κ3) is 5.16. The van der Waals surface area contributed by atoms with Gasteiger partial charge in [-0.2, -0.15) is 0 Å². The molecular formula is C26H34F2N6O. The third-order valence-electron chi connectivity index (χ3n) is 7.21. The Kier molecular flexibility index (Phi) is 6.98. The van der Waals surface area contributed by atoms with Crippen LogP contribution in [-0.4, -0.2) is 50.9 Å². The predicted octanol–water partition coefficient (Wildman–Crippen LogP) is 5.15. The van der Waals surface area contributed by atoms with E-state index >= 15 is 0 Å². The molecule has 1 saturated carbocycles. The number of nitrogens with zero attached hydrogens (tertiary/aromatic N) is 4. The van der Waals surface area contributed by atoms with Crippen LogP contribution >= 0.6 is 0 Å². The number of halogens is 2. The van der Waals surface area contributed by atoms with Gasteiger partial charge in [-0.25, -0.2) is 23.7 Å². The second-order valence-corrected chi connectivity index (χ2v) is 10.1. The molecular weight excluding hydrogens is 450 g/mol. The minimum absolute atomic E-state index is 0.0901. The molecule has 0 radical (unpaired) electrons. The lowest BCUT2D eigenvalue weighted by molar-refractivity contribution is 0.0730. The Morgan fingerprint density at radius 1 is 0.943 bits per heavy atom. The van der Waals surface area contributed by atoms with Gasteiger partial charge in [0, 0.05) is 42.9 Å². The Balaban J connectivity index is 1.31. The lowest BCUT2D eigenvalue weighted by Gasteiger charge is -2.33. The first-order chi connectivity index (χ1) is 16.9. The number of anilines is 1. The Hall–Kier alpha value is -2.65. The number of aryl methyl sites for hydroxylation is 1. The summed E-state index contributed by atoms with van der Waals surface area (Å²) in [6.45, 7) is 7.56. The molecule has 1 aliphatic heterocycles. The molecule has 2 aromatic heterocycles. The minimum Gasteiger partial charge on any atom is -0.381 e. The van der Waals surface area contributed by atoms with Crippen LogP contribution < -0.4 is 10.6 Å². The Morgan fingerprint density at radius 3 is 2.34 bits per heavy atom. The molecule has 0 atom stereocenters. The van der Waals surface area contributed by atoms with Crippen molar-refractivity contribution in [3.8, 4) is 11.3 Å². The number of aromatic nitrogens is 4. The first kappa shape index (κ1) is 24.1. The lowest BCUT2D eigenvalue weighted by atomic mass is 9.90. The summed E-state index contributed by atoms with van der Waals surface area (Å²) < 4.78 is 37.1. The topological polar surface area (TPSA) is 76.9 Å². The maximum Gasteiger partial charge on any atom is 0.223 e. The standard InChI is InChI=1S/C26H34F2N6O/c1-15(2)34-16(3)30-25-21(27)12-17(13-23(25)34)24-22(28)14-29-26(33-24)32-19-6-4-18(5-7-19)31-20-8-10-35-11-9-20/h12-15,18-20,31H,4-11H2,1-3H3,(H,29,32,33)/t18-,19-. The zero-order valence-corrected chi connectivity index (χ0v) is 20.7. The predicted molar refractivity (Wildman–Crippen MR) is 132 cm³/mol. The van der Waals surface area contributed by atoms with Crippen molar-refractivity contribution < 1.29 is 13.5 Å². The fourth-order valence-corrected chi connectivity index (χ4v) is 5.48. The molecule has 35 heavy (non-hydrogen) atoms. The van der Waals surface area contributed by atoms with E-state index in [4.69, 9.17) is 4.74 Å². The molecule has 2 fully saturated rings. The SMILES string of the molecule is Cc1nc2c(F)cc(-c3nc(N[C@H]4CC[C@H](NC5CCOCC5)CC4)ncc3F)cc2n1C(C)C. The van der Waals surface area contributed by atoms with Crippen LogP contribution in [0.1, 0.15) is 64.2 Å². The number of benzene rings is 1. The number of rotatable bonds is 6. The smallest absolute Gasteiger partial charge is 0.223 e. The van der Waals surface area contributed by atoms with E-state index in [1.165, 1.54) is 6.07 Å². The van der Waals surface area contributed by atoms with Gasteiger partial charge in [-0.15, -0.1) is 0 Å². The van der Waals surface area contributed by atoms with E-state index in [-0.39, 0.29) is 17.8 Å². The van der Waals surface area contributed by atoms with E-state index in [1.807, 2.05) is 25.3 Å². The molecule has 0 unspecified atom stereocenters. The lowest BCUT2D eigenvalue weighted by Crippen LogP contribution is -2.44. The molecule has 5 rings (SSSR count). The van der Waals surface area contributed by atoms with E-state index in [2.05, 4.69) is 25.6 Å². The zero-order chi connectivity index (χ0) is 24.5. The monoisotopic (exact) mass is 484 g/mol. The molecule has 2 aliphatic rings. The number of nitrogens with one attached hydrogen (secondary N) is 2. The highest BCUT2D eigenvalue weighted by Gasteiger charge is 2.25. The first-order valence-corrected chi connectivity index (χ1v) is 12.7. The van der Waals surface area contributed by atoms with Gasteiger partial charge in [-0.05, 0) is 71.4 Å². The maximum absolute atomic E-state index is 14.9. The van der Waals surface area contributed by atoms with Crippen molar-refractivity contribution >= 4 is 17.0 Å². The molecule has 0 bridgehead atoms. The fourth-order valence-electron chi connectivity index (χ4n) is 5.48. The molecule has 3 aromatic rings. The maximum atomic E-state index is 14.9. The number of ether oxygens (including phenoxy) is 1. The van der Waals surface area contributed by atoms with Gasteiger partial charge in [0.05, 0.1) is 11.7 Å². The van der Waals surface area contributed by atoms with Gasteiger partial charge in [0.1, 0.15) is 17.0 Å². The minimum atomic E-state index is -0.578. The third-order valence-corrected chi connectivity index (χ3v) is 7.21. The van der Waals surface area contributed by atoms with Crippen LogP contribution in [0.5, 0.6) is 0 Å². The molecule has 9 heteroatoms. The molecule has 188 valence electrons. The molecule has 2 N–H and O–H groups in total. The van der Waals surface area contributed by atoms with Gasteiger partial charge in [0.25, 0.3) is 0 Å². The van der Waals surface area contributed by atoms with Crippen molar-refractivity contribution in [3.63, 3.8) is 0 Å². The van der Waals surface area contributed by atoms with Gasteiger partial charge in [0.15, 0.2) is 11.6 Å². The van der Waals surface area contributed by atoms with Gasteiger partial charge in [-0.3, -0.25) is 0 Å². The quantitative estimate of drug-likeness (QED) is 0.504. The molecule has 0 spiro atoms. The van der Waals surface area contributed by atoms with Gasteiger partial charge < -0.3 is 19.9 Å². The average Bonchev–Trinajstić information content (AvgIpc) is 3.19. The summed E-state index contributed by atoms with van der Waals surface area (Å²) >= 11 is 0. The summed E-state index contributed by atoms with van der Waals surface area (Å²) in [4.78, 5) is 13.0. The second kappa shape index (κ2) is 10.1. The Morgan fingerprint density at radius 2 is 1.63 bits per heavy atom. The summed E-state index contributed by atoms with van der Waals surface area (Å²) in [5.74, 6) is 0.0312. The Bertz CT molecular complexity index is 1180. The summed E-state index contributed by atoms with van der Waals surface area (Å²) in [5, 5.41) is 7.16. The van der Waals surface area contributed by atoms with Crippen LogP contribution in [0.2, 0.25) is 0 Å². The van der Waals surface area contributed by atoms with Crippen molar-refractivity contribution in [3.05, 3.63) is 35.8 Å². The number of hydrogen-bond acceptors (Lipinski definition) is 6. The van der Waals surface area contributed by atoms with Crippen LogP contribution in [0.25, 0.3) is 22.3 Å². The van der Waals surface area contributed by atoms with Crippen molar-refractivity contribution in [1.29, 1.82) is 0 Å². The second-order valence-electron chi connectivity index (χ2n) is 10.1. The van der Waals surface area contributed by atoms with E-state index in [9.17, 15) is 8.78 Å². The molecule has 1 aromatic carbocycles. The van der Waals surface area contributed by atoms with E-state index in [0.29, 0.717) is 34.6 Å². The van der Waals surface area contributed by atoms with Gasteiger partial charge in [-0.1, -0.05) is 0 Å². The molecule has 3 heterocycles. The highest BCUT2D eigenvalue weighted by molar-refractivity contribution is 5.83. The van der Waals surface area contributed by atoms with E-state index < -0.39 is 11.6 Å². The molecule has 1 aliphatic carbocycles. The number of hydrogen-bond donors (Lipinski definition) is 2. The number of fused-ring (bicyclic) bond motifs is 1. The van der Waals surface area contributed by atoms with Gasteiger partial charge >= 0.3 is 0 Å². The van der Waals surface area contributed by atoms with Crippen LogP contribution in [0.3, 0.4) is 0 Å². The summed E-state index contributed by atoms with van der Waals surface area (Å²) in [6, 6.07) is 4.46. The van der Waals surface area contributed by atoms with Crippen molar-refractivity contribution in [2.75, 3.05) is 18.5 Å². The average molecular weight is 485 g/mol. The van der Waals surface area contributed by atoms with Gasteiger partial charge in [0.2, 0.25) is 5.95 Å². The largest absolute Gasteiger partial charge is 0.381 e. The summed E-state index contributed by atoms with van der Waals surface area (Å²) in [6.07, 6.45) is 7.44. The van der Waals surface area contributed by atoms with E-state index in [1.54, 1.807) is 6.07 Å². The van der Waals surface area contributed by atoms with Crippen molar-refractivity contribution in [1.82, 2.24) is 24.8 Å². The normalized spacial score (nSPS) is 21.7. The number of imidazole rings is 1. The van der Waals surface area contributed by atoms with Crippen molar-refractivity contribution in [2.45, 2.75) is 83.5 Å². The highest BCUT2D eigenvalue weighted by atomic mass is 19.1. The van der Waals surface area contributed by atoms with Crippen LogP contribution in [0.4, 0.5) is 14.7 Å². The van der Waals surface area contributed by atoms with Crippen LogP contribution in [-0.2, 0) is 4.74 Å². The summed E-state index contributed by atoms with van der Waals surface area (Å²) in [5.41, 5.74) is 1.39. The summed E-state index contributed by atoms with van der Waals surface area (Å²) in [7, 11) is 0. The van der Waals surface area contributed by atoms with Crippen LogP contribution in [0, 0.1) is 18.6 Å². The molecule has 0 amide bonds. The first-order valence-electron chi connectivity index (χ1n) is 12.7. The van der Waals surface area contributed by atoms with E-state index in [0.717, 1.165) is 63.8 Å². The molecule has 1 saturated heterocycles.